The molecule has 0 aliphatic carbocycles. The van der Waals surface area contributed by atoms with E-state index in [1.807, 2.05) is 24.4 Å². The van der Waals surface area contributed by atoms with Crippen molar-refractivity contribution < 1.29 is 14.4 Å². The highest BCUT2D eigenvalue weighted by Gasteiger charge is 2.27. The maximum Gasteiger partial charge on any atom is 0.219 e. The van der Waals surface area contributed by atoms with Crippen molar-refractivity contribution in [3.05, 3.63) is 30.0 Å². The monoisotopic (exact) mass is 301 g/mol. The quantitative estimate of drug-likeness (QED) is 0.832. The number of aromatic nitrogens is 1. The van der Waals surface area contributed by atoms with Gasteiger partial charge in [-0.05, 0) is 37.8 Å². The Labute approximate surface area is 131 Å². The Morgan fingerprint density at radius 3 is 3.05 bits per heavy atom. The first-order chi connectivity index (χ1) is 10.7. The lowest BCUT2D eigenvalue weighted by atomic mass is 9.99. The molecule has 4 nitrogen and oxygen atoms in total. The number of H-pyrrole nitrogens is 1. The Kier molecular flexibility index (Phi) is 4.48. The topological polar surface area (TPSA) is 46.5 Å². The van der Waals surface area contributed by atoms with Gasteiger partial charge in [0.2, 0.25) is 5.78 Å². The van der Waals surface area contributed by atoms with Crippen LogP contribution in [0.2, 0.25) is 0 Å². The fourth-order valence-electron chi connectivity index (χ4n) is 3.64. The van der Waals surface area contributed by atoms with Gasteiger partial charge in [-0.3, -0.25) is 4.79 Å². The molecule has 1 aromatic heterocycles. The number of ether oxygens (including phenoxy) is 1. The van der Waals surface area contributed by atoms with Crippen LogP contribution in [0.1, 0.15) is 43.0 Å². The summed E-state index contributed by atoms with van der Waals surface area (Å²) in [7, 11) is 1.65. The third-order valence-electron chi connectivity index (χ3n) is 4.95. The summed E-state index contributed by atoms with van der Waals surface area (Å²) < 4.78 is 5.23. The number of fused-ring (bicyclic) bond motifs is 1. The van der Waals surface area contributed by atoms with E-state index in [2.05, 4.69) is 11.9 Å². The third-order valence-corrected chi connectivity index (χ3v) is 4.95. The van der Waals surface area contributed by atoms with Gasteiger partial charge in [0.25, 0.3) is 0 Å². The third kappa shape index (κ3) is 2.88. The summed E-state index contributed by atoms with van der Waals surface area (Å²) >= 11 is 0. The lowest BCUT2D eigenvalue weighted by Gasteiger charge is -2.31. The van der Waals surface area contributed by atoms with Crippen LogP contribution in [0.5, 0.6) is 5.75 Å². The standard InChI is InChI=1S/C18H24N2O2/c1-3-13-6-4-5-9-20(13)12-18(21)16-11-19-17-10-14(22-2)7-8-15(16)17/h7-8,10-11,13,19H,3-6,9,12H2,1-2H3/p+1/t13-/m0/s1. The number of nitrogens with one attached hydrogen (secondary N) is 2. The van der Waals surface area contributed by atoms with Gasteiger partial charge in [0.1, 0.15) is 12.3 Å². The average Bonchev–Trinajstić information content (AvgIpc) is 2.98. The van der Waals surface area contributed by atoms with E-state index in [0.29, 0.717) is 12.6 Å². The summed E-state index contributed by atoms with van der Waals surface area (Å²) in [5.74, 6) is 1.05. The summed E-state index contributed by atoms with van der Waals surface area (Å²) in [6, 6.07) is 6.47. The molecule has 1 aromatic carbocycles. The predicted molar refractivity (Wildman–Crippen MR) is 87.8 cm³/mol. The van der Waals surface area contributed by atoms with Gasteiger partial charge in [-0.15, -0.1) is 0 Å². The van der Waals surface area contributed by atoms with E-state index in [0.717, 1.165) is 35.2 Å². The number of methoxy groups -OCH3 is 1. The molecule has 1 unspecified atom stereocenters. The van der Waals surface area contributed by atoms with Crippen LogP contribution in [0, 0.1) is 0 Å². The van der Waals surface area contributed by atoms with E-state index in [-0.39, 0.29) is 5.78 Å². The van der Waals surface area contributed by atoms with Gasteiger partial charge in [0, 0.05) is 28.7 Å². The highest BCUT2D eigenvalue weighted by Crippen LogP contribution is 2.23. The molecule has 0 saturated carbocycles. The summed E-state index contributed by atoms with van der Waals surface area (Å²) in [4.78, 5) is 17.4. The Morgan fingerprint density at radius 1 is 1.41 bits per heavy atom. The van der Waals surface area contributed by atoms with Crippen molar-refractivity contribution in [2.45, 2.75) is 38.6 Å². The molecule has 2 N–H and O–H groups in total. The number of carbonyl (C=O) groups is 1. The van der Waals surface area contributed by atoms with E-state index in [1.54, 1.807) is 7.11 Å². The Balaban J connectivity index is 1.80. The Bertz CT molecular complexity index is 662. The number of likely N-dealkylation sites (tertiary alicyclic amines) is 1. The molecule has 0 spiro atoms. The molecule has 0 radical (unpaired) electrons. The van der Waals surface area contributed by atoms with E-state index in [4.69, 9.17) is 4.74 Å². The van der Waals surface area contributed by atoms with E-state index in [9.17, 15) is 4.79 Å². The first-order valence-electron chi connectivity index (χ1n) is 8.25. The van der Waals surface area contributed by atoms with Gasteiger partial charge in [0.05, 0.1) is 19.7 Å². The zero-order valence-corrected chi connectivity index (χ0v) is 13.4. The van der Waals surface area contributed by atoms with Crippen LogP contribution >= 0.6 is 0 Å². The number of quaternary nitrogens is 1. The summed E-state index contributed by atoms with van der Waals surface area (Å²) in [5.41, 5.74) is 1.77. The van der Waals surface area contributed by atoms with Crippen LogP contribution in [0.3, 0.4) is 0 Å². The van der Waals surface area contributed by atoms with Gasteiger partial charge in [0.15, 0.2) is 0 Å². The van der Waals surface area contributed by atoms with Crippen LogP contribution in [0.15, 0.2) is 24.4 Å². The van der Waals surface area contributed by atoms with Crippen LogP contribution < -0.4 is 9.64 Å². The fraction of sp³-hybridized carbons (Fsp3) is 0.500. The van der Waals surface area contributed by atoms with Crippen molar-refractivity contribution in [2.24, 2.45) is 0 Å². The second-order valence-electron chi connectivity index (χ2n) is 6.22. The lowest BCUT2D eigenvalue weighted by molar-refractivity contribution is -0.922. The first-order valence-corrected chi connectivity index (χ1v) is 8.25. The molecule has 22 heavy (non-hydrogen) atoms. The maximum absolute atomic E-state index is 12.7. The van der Waals surface area contributed by atoms with Crippen molar-refractivity contribution in [1.82, 2.24) is 4.98 Å². The Hall–Kier alpha value is -1.81. The van der Waals surface area contributed by atoms with E-state index in [1.165, 1.54) is 24.2 Å². The SMILES string of the molecule is CC[C@H]1CCCC[NH+]1CC(=O)c1c[nH]c2cc(OC)ccc12. The normalized spacial score (nSPS) is 21.9. The molecule has 3 rings (SSSR count). The number of hydrogen-bond donors (Lipinski definition) is 2. The Morgan fingerprint density at radius 2 is 2.27 bits per heavy atom. The zero-order valence-electron chi connectivity index (χ0n) is 13.4. The second-order valence-corrected chi connectivity index (χ2v) is 6.22. The van der Waals surface area contributed by atoms with Crippen molar-refractivity contribution in [1.29, 1.82) is 0 Å². The molecular formula is C18H25N2O2+. The van der Waals surface area contributed by atoms with Crippen LogP contribution in [-0.2, 0) is 0 Å². The van der Waals surface area contributed by atoms with Crippen molar-refractivity contribution in [2.75, 3.05) is 20.2 Å². The molecule has 0 amide bonds. The van der Waals surface area contributed by atoms with E-state index >= 15 is 0 Å². The highest BCUT2D eigenvalue weighted by atomic mass is 16.5. The fourth-order valence-corrected chi connectivity index (χ4v) is 3.64. The largest absolute Gasteiger partial charge is 0.497 e. The number of ketones is 1. The number of Topliss-reactive ketones (excluding diaryl/α,β-unsaturated/α-hetero) is 1. The van der Waals surface area contributed by atoms with Crippen molar-refractivity contribution in [3.8, 4) is 5.75 Å². The molecule has 4 heteroatoms. The van der Waals surface area contributed by atoms with Crippen molar-refractivity contribution >= 4 is 16.7 Å². The van der Waals surface area contributed by atoms with Crippen LogP contribution in [0.4, 0.5) is 0 Å². The molecule has 0 bridgehead atoms. The molecule has 118 valence electrons. The summed E-state index contributed by atoms with van der Waals surface area (Å²) in [5, 5.41) is 0.996. The average molecular weight is 301 g/mol. The molecule has 1 saturated heterocycles. The first kappa shape index (κ1) is 15.1. The molecule has 2 atom stereocenters. The minimum absolute atomic E-state index is 0.242. The van der Waals surface area contributed by atoms with Gasteiger partial charge in [-0.25, -0.2) is 0 Å². The molecule has 1 aliphatic rings. The van der Waals surface area contributed by atoms with Gasteiger partial charge in [-0.2, -0.15) is 0 Å². The lowest BCUT2D eigenvalue weighted by Crippen LogP contribution is -3.17. The number of piperidine rings is 1. The number of benzene rings is 1. The number of hydrogen-bond acceptors (Lipinski definition) is 2. The van der Waals surface area contributed by atoms with Gasteiger partial charge < -0.3 is 14.6 Å². The molecule has 2 aromatic rings. The maximum atomic E-state index is 12.7. The summed E-state index contributed by atoms with van der Waals surface area (Å²) in [6.45, 7) is 3.97. The molecule has 2 heterocycles. The van der Waals surface area contributed by atoms with E-state index < -0.39 is 0 Å². The van der Waals surface area contributed by atoms with Crippen molar-refractivity contribution in [3.63, 3.8) is 0 Å². The zero-order chi connectivity index (χ0) is 15.5. The van der Waals surface area contributed by atoms with Gasteiger partial charge in [-0.1, -0.05) is 6.92 Å². The number of carbonyl (C=O) groups excluding carboxylic acids is 1. The second kappa shape index (κ2) is 6.53. The van der Waals surface area contributed by atoms with Gasteiger partial charge >= 0.3 is 0 Å². The van der Waals surface area contributed by atoms with Crippen LogP contribution in [0.25, 0.3) is 10.9 Å². The highest BCUT2D eigenvalue weighted by molar-refractivity contribution is 6.08. The number of rotatable bonds is 5. The smallest absolute Gasteiger partial charge is 0.219 e. The number of aromatic amines is 1. The minimum atomic E-state index is 0.242. The predicted octanol–water partition coefficient (Wildman–Crippen LogP) is 2.21. The molecule has 1 aliphatic heterocycles. The molecule has 1 fully saturated rings. The molecular weight excluding hydrogens is 276 g/mol. The van der Waals surface area contributed by atoms with Crippen LogP contribution in [-0.4, -0.2) is 37.0 Å². The minimum Gasteiger partial charge on any atom is -0.497 e. The summed E-state index contributed by atoms with van der Waals surface area (Å²) in [6.07, 6.45) is 6.81.